The van der Waals surface area contributed by atoms with E-state index in [2.05, 4.69) is 12.2 Å². The minimum Gasteiger partial charge on any atom is -0.350 e. The minimum absolute atomic E-state index is 0.0437. The van der Waals surface area contributed by atoms with Crippen molar-refractivity contribution >= 4 is 16.9 Å². The van der Waals surface area contributed by atoms with Crippen LogP contribution in [0.5, 0.6) is 0 Å². The number of carbonyl (C=O) groups is 1. The Bertz CT molecular complexity index is 1000. The summed E-state index contributed by atoms with van der Waals surface area (Å²) in [4.78, 5) is 25.2. The highest BCUT2D eigenvalue weighted by Gasteiger charge is 2.15. The molecule has 1 heterocycles. The van der Waals surface area contributed by atoms with Crippen LogP contribution in [0, 0.1) is 6.92 Å². The van der Waals surface area contributed by atoms with Crippen LogP contribution in [0.1, 0.15) is 43.9 Å². The summed E-state index contributed by atoms with van der Waals surface area (Å²) in [5, 5.41) is 3.05. The highest BCUT2D eigenvalue weighted by atomic mass is 16.2. The van der Waals surface area contributed by atoms with Gasteiger partial charge in [-0.05, 0) is 43.5 Å². The van der Waals surface area contributed by atoms with Gasteiger partial charge in [-0.2, -0.15) is 0 Å². The number of fused-ring (bicyclic) bond motifs is 1. The molecule has 5 heteroatoms. The first kappa shape index (κ1) is 19.0. The van der Waals surface area contributed by atoms with Crippen molar-refractivity contribution in [1.29, 1.82) is 0 Å². The molecule has 0 aliphatic rings. The lowest BCUT2D eigenvalue weighted by molar-refractivity contribution is -0.121. The number of aromatic nitrogens is 2. The van der Waals surface area contributed by atoms with Gasteiger partial charge in [0.1, 0.15) is 0 Å². The Morgan fingerprint density at radius 2 is 1.59 bits per heavy atom. The zero-order chi connectivity index (χ0) is 19.4. The Labute approximate surface area is 159 Å². The molecule has 2 aromatic carbocycles. The molecule has 142 valence electrons. The molecule has 1 aromatic heterocycles. The fourth-order valence-electron chi connectivity index (χ4n) is 3.61. The van der Waals surface area contributed by atoms with Gasteiger partial charge in [0.05, 0.1) is 17.1 Å². The van der Waals surface area contributed by atoms with E-state index in [1.807, 2.05) is 62.4 Å². The second kappa shape index (κ2) is 8.25. The van der Waals surface area contributed by atoms with Crippen molar-refractivity contribution in [1.82, 2.24) is 14.5 Å². The summed E-state index contributed by atoms with van der Waals surface area (Å²) in [6.45, 7) is 7.14. The number of rotatable bonds is 7. The third kappa shape index (κ3) is 3.97. The Hall–Kier alpha value is -2.82. The number of nitrogens with one attached hydrogen (secondary N) is 1. The first-order valence-electron chi connectivity index (χ1n) is 9.56. The standard InChI is InChI=1S/C22H27N3O2/c1-4-14-24-19-11-7-8-12-20(19)25(22(24)27)15-13-21(26)23-17(3)18-10-6-5-9-16(18)2/h5-12,17H,4,13-15H2,1-3H3,(H,23,26). The molecule has 0 bridgehead atoms. The summed E-state index contributed by atoms with van der Waals surface area (Å²) in [6, 6.07) is 15.8. The predicted octanol–water partition coefficient (Wildman–Crippen LogP) is 3.79. The van der Waals surface area contributed by atoms with Crippen molar-refractivity contribution in [2.75, 3.05) is 0 Å². The van der Waals surface area contributed by atoms with E-state index in [4.69, 9.17) is 0 Å². The molecule has 27 heavy (non-hydrogen) atoms. The smallest absolute Gasteiger partial charge is 0.329 e. The van der Waals surface area contributed by atoms with Gasteiger partial charge < -0.3 is 5.32 Å². The van der Waals surface area contributed by atoms with Crippen molar-refractivity contribution < 1.29 is 4.79 Å². The molecule has 3 aromatic rings. The van der Waals surface area contributed by atoms with Crippen molar-refractivity contribution in [2.24, 2.45) is 0 Å². The van der Waals surface area contributed by atoms with Crippen LogP contribution < -0.4 is 11.0 Å². The summed E-state index contributed by atoms with van der Waals surface area (Å²) in [5.41, 5.74) is 4.04. The number of hydrogen-bond donors (Lipinski definition) is 1. The second-order valence-corrected chi connectivity index (χ2v) is 6.97. The van der Waals surface area contributed by atoms with Gasteiger partial charge in [0, 0.05) is 19.5 Å². The maximum absolute atomic E-state index is 12.8. The molecular formula is C22H27N3O2. The van der Waals surface area contributed by atoms with Crippen LogP contribution >= 0.6 is 0 Å². The van der Waals surface area contributed by atoms with Crippen molar-refractivity contribution in [3.8, 4) is 0 Å². The fraction of sp³-hybridized carbons (Fsp3) is 0.364. The first-order chi connectivity index (χ1) is 13.0. The van der Waals surface area contributed by atoms with Crippen LogP contribution in [0.4, 0.5) is 0 Å². The number of amides is 1. The largest absolute Gasteiger partial charge is 0.350 e. The average molecular weight is 365 g/mol. The lowest BCUT2D eigenvalue weighted by Gasteiger charge is -2.16. The number of benzene rings is 2. The molecule has 1 unspecified atom stereocenters. The van der Waals surface area contributed by atoms with Crippen LogP contribution in [0.15, 0.2) is 53.3 Å². The van der Waals surface area contributed by atoms with Gasteiger partial charge in [0.25, 0.3) is 0 Å². The maximum Gasteiger partial charge on any atom is 0.329 e. The Morgan fingerprint density at radius 1 is 1.00 bits per heavy atom. The van der Waals surface area contributed by atoms with Gasteiger partial charge in [0.15, 0.2) is 0 Å². The van der Waals surface area contributed by atoms with E-state index in [1.54, 1.807) is 9.13 Å². The Morgan fingerprint density at radius 3 is 2.22 bits per heavy atom. The molecule has 0 aliphatic carbocycles. The third-order valence-corrected chi connectivity index (χ3v) is 4.97. The summed E-state index contributed by atoms with van der Waals surface area (Å²) < 4.78 is 3.51. The van der Waals surface area contributed by atoms with Crippen LogP contribution in [0.2, 0.25) is 0 Å². The average Bonchev–Trinajstić information content (AvgIpc) is 2.92. The van der Waals surface area contributed by atoms with E-state index in [0.29, 0.717) is 13.1 Å². The normalized spacial score (nSPS) is 12.3. The van der Waals surface area contributed by atoms with Crippen LogP contribution in [-0.4, -0.2) is 15.0 Å². The van der Waals surface area contributed by atoms with E-state index >= 15 is 0 Å². The molecule has 0 radical (unpaired) electrons. The lowest BCUT2D eigenvalue weighted by Crippen LogP contribution is -2.30. The van der Waals surface area contributed by atoms with Crippen molar-refractivity contribution in [2.45, 2.75) is 52.7 Å². The van der Waals surface area contributed by atoms with Crippen LogP contribution in [-0.2, 0) is 17.9 Å². The Balaban J connectivity index is 1.73. The molecule has 0 spiro atoms. The van der Waals surface area contributed by atoms with Crippen LogP contribution in [0.3, 0.4) is 0 Å². The molecule has 5 nitrogen and oxygen atoms in total. The molecule has 0 saturated carbocycles. The first-order valence-corrected chi connectivity index (χ1v) is 9.56. The van der Waals surface area contributed by atoms with Gasteiger partial charge in [-0.15, -0.1) is 0 Å². The quantitative estimate of drug-likeness (QED) is 0.693. The number of aryl methyl sites for hydroxylation is 3. The summed E-state index contributed by atoms with van der Waals surface area (Å²) in [6.07, 6.45) is 1.17. The van der Waals surface area contributed by atoms with E-state index in [1.165, 1.54) is 0 Å². The van der Waals surface area contributed by atoms with Crippen molar-refractivity contribution in [3.05, 3.63) is 70.1 Å². The summed E-state index contributed by atoms with van der Waals surface area (Å²) in [7, 11) is 0. The Kier molecular flexibility index (Phi) is 5.79. The predicted molar refractivity (Wildman–Crippen MR) is 109 cm³/mol. The van der Waals surface area contributed by atoms with E-state index in [-0.39, 0.29) is 24.1 Å². The van der Waals surface area contributed by atoms with E-state index < -0.39 is 0 Å². The van der Waals surface area contributed by atoms with Gasteiger partial charge >= 0.3 is 5.69 Å². The highest BCUT2D eigenvalue weighted by Crippen LogP contribution is 2.17. The molecule has 0 saturated heterocycles. The monoisotopic (exact) mass is 365 g/mol. The van der Waals surface area contributed by atoms with E-state index in [0.717, 1.165) is 28.6 Å². The number of imidazole rings is 1. The van der Waals surface area contributed by atoms with Gasteiger partial charge in [-0.25, -0.2) is 4.79 Å². The van der Waals surface area contributed by atoms with Gasteiger partial charge in [0.2, 0.25) is 5.91 Å². The van der Waals surface area contributed by atoms with Crippen LogP contribution in [0.25, 0.3) is 11.0 Å². The molecule has 0 aliphatic heterocycles. The third-order valence-electron chi connectivity index (χ3n) is 4.97. The molecule has 3 rings (SSSR count). The van der Waals surface area contributed by atoms with Gasteiger partial charge in [-0.3, -0.25) is 13.9 Å². The van der Waals surface area contributed by atoms with Gasteiger partial charge in [-0.1, -0.05) is 43.3 Å². The summed E-state index contributed by atoms with van der Waals surface area (Å²) in [5.74, 6) is -0.0509. The molecule has 1 N–H and O–H groups in total. The topological polar surface area (TPSA) is 56.0 Å². The lowest BCUT2D eigenvalue weighted by atomic mass is 10.0. The molecule has 0 fully saturated rings. The molecule has 1 atom stereocenters. The zero-order valence-corrected chi connectivity index (χ0v) is 16.2. The van der Waals surface area contributed by atoms with E-state index in [9.17, 15) is 9.59 Å². The number of carbonyl (C=O) groups excluding carboxylic acids is 1. The maximum atomic E-state index is 12.8. The molecule has 1 amide bonds. The zero-order valence-electron chi connectivity index (χ0n) is 16.2. The second-order valence-electron chi connectivity index (χ2n) is 6.97. The number of nitrogens with zero attached hydrogens (tertiary/aromatic N) is 2. The fourth-order valence-corrected chi connectivity index (χ4v) is 3.61. The molecular weight excluding hydrogens is 338 g/mol. The minimum atomic E-state index is -0.0585. The highest BCUT2D eigenvalue weighted by molar-refractivity contribution is 5.78. The van der Waals surface area contributed by atoms with Crippen molar-refractivity contribution in [3.63, 3.8) is 0 Å². The SMILES string of the molecule is CCCn1c(=O)n(CCC(=O)NC(C)c2ccccc2C)c2ccccc21. The summed E-state index contributed by atoms with van der Waals surface area (Å²) >= 11 is 0. The number of hydrogen-bond acceptors (Lipinski definition) is 2. The number of para-hydroxylation sites is 2.